The van der Waals surface area contributed by atoms with E-state index < -0.39 is 0 Å². The van der Waals surface area contributed by atoms with Crippen LogP contribution in [-0.4, -0.2) is 97.3 Å². The lowest BCUT2D eigenvalue weighted by atomic mass is 10.1. The van der Waals surface area contributed by atoms with Crippen LogP contribution >= 0.6 is 24.0 Å². The molecule has 0 radical (unpaired) electrons. The molecule has 7 heteroatoms. The van der Waals surface area contributed by atoms with Crippen LogP contribution in [0.2, 0.25) is 0 Å². The third-order valence-corrected chi connectivity index (χ3v) is 6.34. The molecule has 1 unspecified atom stereocenters. The van der Waals surface area contributed by atoms with Gasteiger partial charge in [0, 0.05) is 45.8 Å². The molecule has 0 aromatic heterocycles. The first-order valence-corrected chi connectivity index (χ1v) is 11.4. The molecule has 0 spiro atoms. The summed E-state index contributed by atoms with van der Waals surface area (Å²) >= 11 is 0. The summed E-state index contributed by atoms with van der Waals surface area (Å²) in [6.45, 7) is 13.4. The first-order valence-electron chi connectivity index (χ1n) is 11.4. The molecule has 28 heavy (non-hydrogen) atoms. The molecular formula is C21H42IN5O. The summed E-state index contributed by atoms with van der Waals surface area (Å²) in [6.07, 6.45) is 8.38. The number of halogens is 1. The normalized spacial score (nSPS) is 25.7. The Balaban J connectivity index is 0.00000280. The van der Waals surface area contributed by atoms with Gasteiger partial charge in [-0.2, -0.15) is 0 Å². The van der Waals surface area contributed by atoms with Gasteiger partial charge >= 0.3 is 0 Å². The number of hydrogen-bond acceptors (Lipinski definition) is 4. The summed E-state index contributed by atoms with van der Waals surface area (Å²) in [4.78, 5) is 12.5. The first kappa shape index (κ1) is 24.2. The molecule has 1 atom stereocenters. The maximum absolute atomic E-state index is 9.61. The van der Waals surface area contributed by atoms with E-state index in [2.05, 4.69) is 26.9 Å². The van der Waals surface area contributed by atoms with Gasteiger partial charge in [0.15, 0.2) is 5.96 Å². The number of aliphatic hydroxyl groups excluding tert-OH is 1. The Bertz CT molecular complexity index is 450. The van der Waals surface area contributed by atoms with Crippen LogP contribution in [0.3, 0.4) is 0 Å². The van der Waals surface area contributed by atoms with Crippen molar-refractivity contribution in [2.75, 3.05) is 65.4 Å². The van der Waals surface area contributed by atoms with Crippen LogP contribution in [-0.2, 0) is 0 Å². The summed E-state index contributed by atoms with van der Waals surface area (Å²) in [7, 11) is 0. The van der Waals surface area contributed by atoms with Gasteiger partial charge in [-0.15, -0.1) is 24.0 Å². The van der Waals surface area contributed by atoms with Gasteiger partial charge in [-0.25, -0.2) is 0 Å². The Kier molecular flexibility index (Phi) is 11.4. The Morgan fingerprint density at radius 1 is 1.00 bits per heavy atom. The minimum atomic E-state index is -0.0762. The number of aliphatic hydroxyl groups is 1. The smallest absolute Gasteiger partial charge is 0.193 e. The van der Waals surface area contributed by atoms with Crippen molar-refractivity contribution in [3.63, 3.8) is 0 Å². The van der Waals surface area contributed by atoms with Gasteiger partial charge in [0.25, 0.3) is 0 Å². The molecule has 0 bridgehead atoms. The number of hydrogen-bond donors (Lipinski definition) is 2. The average molecular weight is 508 g/mol. The summed E-state index contributed by atoms with van der Waals surface area (Å²) in [6, 6.07) is 0. The summed E-state index contributed by atoms with van der Waals surface area (Å²) < 4.78 is 0. The van der Waals surface area contributed by atoms with Crippen molar-refractivity contribution in [3.05, 3.63) is 0 Å². The quantitative estimate of drug-likeness (QED) is 0.240. The van der Waals surface area contributed by atoms with Gasteiger partial charge in [0.05, 0.1) is 6.10 Å². The minimum Gasteiger partial charge on any atom is -0.393 e. The fourth-order valence-corrected chi connectivity index (χ4v) is 4.73. The minimum absolute atomic E-state index is 0. The zero-order valence-corrected chi connectivity index (χ0v) is 20.2. The molecule has 3 aliphatic rings. The maximum Gasteiger partial charge on any atom is 0.193 e. The van der Waals surface area contributed by atoms with Crippen molar-refractivity contribution in [2.45, 2.75) is 58.0 Å². The molecule has 3 fully saturated rings. The zero-order chi connectivity index (χ0) is 18.9. The van der Waals surface area contributed by atoms with Crippen molar-refractivity contribution < 1.29 is 5.11 Å². The molecule has 6 nitrogen and oxygen atoms in total. The fourth-order valence-electron chi connectivity index (χ4n) is 4.73. The molecule has 0 aliphatic carbocycles. The van der Waals surface area contributed by atoms with Crippen LogP contribution in [0.4, 0.5) is 0 Å². The van der Waals surface area contributed by atoms with Crippen molar-refractivity contribution in [3.8, 4) is 0 Å². The van der Waals surface area contributed by atoms with E-state index in [1.807, 2.05) is 0 Å². The molecule has 3 saturated heterocycles. The van der Waals surface area contributed by atoms with E-state index in [4.69, 9.17) is 4.99 Å². The van der Waals surface area contributed by atoms with E-state index in [0.717, 1.165) is 77.0 Å². The van der Waals surface area contributed by atoms with Crippen molar-refractivity contribution in [1.82, 2.24) is 20.0 Å². The van der Waals surface area contributed by atoms with Crippen LogP contribution < -0.4 is 5.32 Å². The molecule has 3 rings (SSSR count). The Hall–Kier alpha value is -0.120. The number of nitrogens with zero attached hydrogens (tertiary/aromatic N) is 4. The predicted octanol–water partition coefficient (Wildman–Crippen LogP) is 2.22. The lowest BCUT2D eigenvalue weighted by Gasteiger charge is -2.29. The largest absolute Gasteiger partial charge is 0.393 e. The first-order chi connectivity index (χ1) is 13.2. The fraction of sp³-hybridized carbons (Fsp3) is 0.952. The summed E-state index contributed by atoms with van der Waals surface area (Å²) in [5.74, 6) is 1.92. The third-order valence-electron chi connectivity index (χ3n) is 6.34. The second kappa shape index (κ2) is 13.2. The van der Waals surface area contributed by atoms with E-state index in [-0.39, 0.29) is 30.1 Å². The van der Waals surface area contributed by atoms with Crippen molar-refractivity contribution >= 4 is 29.9 Å². The van der Waals surface area contributed by atoms with E-state index in [1.165, 1.54) is 45.3 Å². The number of rotatable bonds is 7. The maximum atomic E-state index is 9.61. The highest BCUT2D eigenvalue weighted by molar-refractivity contribution is 14.0. The van der Waals surface area contributed by atoms with Crippen molar-refractivity contribution in [2.24, 2.45) is 10.9 Å². The molecule has 164 valence electrons. The van der Waals surface area contributed by atoms with Crippen LogP contribution in [0.15, 0.2) is 4.99 Å². The van der Waals surface area contributed by atoms with Crippen LogP contribution in [0.1, 0.15) is 51.9 Å². The highest BCUT2D eigenvalue weighted by Gasteiger charge is 2.27. The average Bonchev–Trinajstić information content (AvgIpc) is 3.15. The van der Waals surface area contributed by atoms with Crippen molar-refractivity contribution in [1.29, 1.82) is 0 Å². The Morgan fingerprint density at radius 2 is 1.75 bits per heavy atom. The highest BCUT2D eigenvalue weighted by atomic mass is 127. The second-order valence-corrected chi connectivity index (χ2v) is 8.62. The molecule has 0 aromatic rings. The topological polar surface area (TPSA) is 54.3 Å². The monoisotopic (exact) mass is 507 g/mol. The molecule has 0 aromatic carbocycles. The van der Waals surface area contributed by atoms with Crippen LogP contribution in [0.5, 0.6) is 0 Å². The van der Waals surface area contributed by atoms with Gasteiger partial charge in [0.2, 0.25) is 0 Å². The third kappa shape index (κ3) is 7.95. The number of guanidine groups is 1. The summed E-state index contributed by atoms with van der Waals surface area (Å²) in [5.41, 5.74) is 0. The van der Waals surface area contributed by atoms with Gasteiger partial charge in [-0.1, -0.05) is 6.42 Å². The summed E-state index contributed by atoms with van der Waals surface area (Å²) in [5, 5.41) is 13.1. The number of piperidine rings is 2. The lowest BCUT2D eigenvalue weighted by molar-refractivity contribution is 0.0824. The van der Waals surface area contributed by atoms with Gasteiger partial charge in [-0.05, 0) is 71.0 Å². The predicted molar refractivity (Wildman–Crippen MR) is 128 cm³/mol. The standard InChI is InChI=1S/C21H41N5O.HI/c1-2-22-21(23-10-6-13-24-14-8-20(27)9-15-24)26-16-7-19(18-26)17-25-11-4-3-5-12-25;/h19-20,27H,2-18H2,1H3,(H,22,23);1H. The van der Waals surface area contributed by atoms with E-state index in [9.17, 15) is 5.11 Å². The molecule has 0 amide bonds. The van der Waals surface area contributed by atoms with Gasteiger partial charge in [-0.3, -0.25) is 4.99 Å². The number of aliphatic imine (C=N–C) groups is 1. The molecular weight excluding hydrogens is 465 g/mol. The molecule has 3 aliphatic heterocycles. The van der Waals surface area contributed by atoms with Gasteiger partial charge < -0.3 is 25.1 Å². The highest BCUT2D eigenvalue weighted by Crippen LogP contribution is 2.20. The van der Waals surface area contributed by atoms with E-state index >= 15 is 0 Å². The number of likely N-dealkylation sites (tertiary alicyclic amines) is 3. The SMILES string of the molecule is CCNC(=NCCCN1CCC(O)CC1)N1CCC(CN2CCCCC2)C1.I. The lowest BCUT2D eigenvalue weighted by Crippen LogP contribution is -2.41. The molecule has 2 N–H and O–H groups in total. The zero-order valence-electron chi connectivity index (χ0n) is 17.8. The van der Waals surface area contributed by atoms with E-state index in [0.29, 0.717) is 0 Å². The Morgan fingerprint density at radius 3 is 2.46 bits per heavy atom. The van der Waals surface area contributed by atoms with Crippen LogP contribution in [0, 0.1) is 5.92 Å². The van der Waals surface area contributed by atoms with Gasteiger partial charge in [0.1, 0.15) is 0 Å². The van der Waals surface area contributed by atoms with E-state index in [1.54, 1.807) is 0 Å². The molecule has 0 saturated carbocycles. The Labute approximate surface area is 189 Å². The molecule has 3 heterocycles. The number of nitrogens with one attached hydrogen (secondary N) is 1. The second-order valence-electron chi connectivity index (χ2n) is 8.62. The van der Waals surface area contributed by atoms with Crippen LogP contribution in [0.25, 0.3) is 0 Å².